The Morgan fingerprint density at radius 2 is 1.40 bits per heavy atom. The molecule has 0 amide bonds. The third-order valence-electron chi connectivity index (χ3n) is 1.25. The van der Waals surface area contributed by atoms with Gasteiger partial charge in [-0.1, -0.05) is 42.8 Å². The van der Waals surface area contributed by atoms with E-state index in [1.165, 1.54) is 11.1 Å². The summed E-state index contributed by atoms with van der Waals surface area (Å²) in [5.41, 5.74) is 2.58. The Kier molecular flexibility index (Phi) is 25.7. The first-order valence-corrected chi connectivity index (χ1v) is 4.32. The summed E-state index contributed by atoms with van der Waals surface area (Å²) in [5.74, 6) is 0. The van der Waals surface area contributed by atoms with Gasteiger partial charge in [-0.2, -0.15) is 0 Å². The number of allylic oxidation sites excluding steroid dienone is 1. The second kappa shape index (κ2) is 16.0. The van der Waals surface area contributed by atoms with Crippen LogP contribution in [0.4, 0.5) is 0 Å². The first kappa shape index (κ1) is 24.0. The molecule has 0 aliphatic heterocycles. The molecule has 1 aromatic carbocycles. The number of rotatable bonds is 1. The van der Waals surface area contributed by atoms with Crippen molar-refractivity contribution in [2.45, 2.75) is 27.2 Å². The van der Waals surface area contributed by atoms with Crippen molar-refractivity contribution in [2.24, 2.45) is 0 Å². The molecule has 0 nitrogen and oxygen atoms in total. The van der Waals surface area contributed by atoms with Crippen LogP contribution in [0.15, 0.2) is 42.5 Å². The summed E-state index contributed by atoms with van der Waals surface area (Å²) in [6.07, 6.45) is 1.14. The first-order chi connectivity index (χ1) is 5.66. The predicted octanol–water partition coefficient (Wildman–Crippen LogP) is 4.73. The molecular weight excluding hydrogens is 269 g/mol. The van der Waals surface area contributed by atoms with Gasteiger partial charge < -0.3 is 14.9 Å². The maximum absolute atomic E-state index is 3.56. The van der Waals surface area contributed by atoms with Crippen LogP contribution in [-0.2, 0) is 25.9 Å². The monoisotopic (exact) mass is 294 g/mol. The normalized spacial score (nSPS) is 6.60. The molecule has 1 aromatic rings. The van der Waals surface area contributed by atoms with Crippen LogP contribution in [0.2, 0.25) is 0 Å². The second-order valence-electron chi connectivity index (χ2n) is 3.05. The van der Waals surface area contributed by atoms with Crippen molar-refractivity contribution in [3.63, 3.8) is 0 Å². The zero-order chi connectivity index (χ0) is 9.40. The summed E-state index contributed by atoms with van der Waals surface area (Å²) in [7, 11) is 0. The maximum Gasteiger partial charge on any atom is 2.00 e. The Morgan fingerprint density at radius 3 is 1.60 bits per heavy atom. The van der Waals surface area contributed by atoms with Crippen molar-refractivity contribution < 1.29 is 19.5 Å². The summed E-state index contributed by atoms with van der Waals surface area (Å²) in [6, 6.07) is 10.5. The van der Waals surface area contributed by atoms with E-state index in [0.717, 1.165) is 6.42 Å². The van der Waals surface area contributed by atoms with E-state index in [1.807, 2.05) is 19.9 Å². The van der Waals surface area contributed by atoms with Crippen LogP contribution in [0, 0.1) is 14.9 Å². The van der Waals surface area contributed by atoms with Crippen molar-refractivity contribution in [3.8, 4) is 0 Å². The van der Waals surface area contributed by atoms with Crippen molar-refractivity contribution in [2.75, 3.05) is 0 Å². The van der Waals surface area contributed by atoms with E-state index in [9.17, 15) is 0 Å². The van der Waals surface area contributed by atoms with E-state index in [2.05, 4.69) is 37.8 Å². The molecule has 0 radical (unpaired) electrons. The molecule has 15 heavy (non-hydrogen) atoms. The molecule has 0 N–H and O–H groups in total. The number of benzene rings is 1. The summed E-state index contributed by atoms with van der Waals surface area (Å²) >= 11 is 0. The van der Waals surface area contributed by atoms with Crippen LogP contribution in [0.1, 0.15) is 26.3 Å². The van der Waals surface area contributed by atoms with E-state index in [-0.39, 0.29) is 34.3 Å². The van der Waals surface area contributed by atoms with Crippen LogP contribution in [-0.4, -0.2) is 0 Å². The number of hydrogen-bond donors (Lipinski definition) is 0. The van der Waals surface area contributed by atoms with Gasteiger partial charge in [0.15, 0.2) is 0 Å². The van der Waals surface area contributed by atoms with Gasteiger partial charge in [-0.3, -0.25) is 0 Å². The smallest absolute Gasteiger partial charge is 0.358 e. The summed E-state index contributed by atoms with van der Waals surface area (Å²) in [5, 5.41) is 0. The first-order valence-electron chi connectivity index (χ1n) is 4.32. The van der Waals surface area contributed by atoms with Crippen LogP contribution in [0.25, 0.3) is 0 Å². The maximum atomic E-state index is 3.56. The van der Waals surface area contributed by atoms with E-state index < -0.39 is 0 Å². The zero-order valence-electron chi connectivity index (χ0n) is 10.7. The van der Waals surface area contributed by atoms with Gasteiger partial charge in [-0.25, -0.2) is 0 Å². The summed E-state index contributed by atoms with van der Waals surface area (Å²) in [6.45, 7) is 9.66. The Labute approximate surface area is 110 Å². The molecular formula is C14H24Ru. The second-order valence-corrected chi connectivity index (χ2v) is 3.05. The Balaban J connectivity index is -0.0000000779. The van der Waals surface area contributed by atoms with Crippen LogP contribution >= 0.6 is 0 Å². The molecule has 0 aliphatic rings. The molecule has 88 valence electrons. The van der Waals surface area contributed by atoms with Gasteiger partial charge in [0.05, 0.1) is 0 Å². The third-order valence-corrected chi connectivity index (χ3v) is 1.25. The van der Waals surface area contributed by atoms with Crippen LogP contribution < -0.4 is 0 Å². The van der Waals surface area contributed by atoms with Gasteiger partial charge in [-0.05, 0) is 25.8 Å². The zero-order valence-corrected chi connectivity index (χ0v) is 12.4. The topological polar surface area (TPSA) is 0 Å². The number of aryl methyl sites for hydroxylation is 1. The summed E-state index contributed by atoms with van der Waals surface area (Å²) in [4.78, 5) is 0. The van der Waals surface area contributed by atoms with E-state index in [1.54, 1.807) is 0 Å². The molecule has 0 saturated carbocycles. The van der Waals surface area contributed by atoms with Gasteiger partial charge in [-0.15, -0.1) is 6.58 Å². The SMILES string of the molecule is C=C(C)C.CCc1ccccc1.[CH3-].[CH3-].[Ru+2]. The third kappa shape index (κ3) is 19.8. The number of hydrogen-bond acceptors (Lipinski definition) is 0. The minimum atomic E-state index is 0. The Bertz CT molecular complexity index is 210. The predicted molar refractivity (Wildman–Crippen MR) is 69.1 cm³/mol. The fraction of sp³-hybridized carbons (Fsp3) is 0.286. The molecule has 0 fully saturated rings. The van der Waals surface area contributed by atoms with Crippen LogP contribution in [0.5, 0.6) is 0 Å². The molecule has 0 saturated heterocycles. The van der Waals surface area contributed by atoms with E-state index in [4.69, 9.17) is 0 Å². The van der Waals surface area contributed by atoms with Gasteiger partial charge in [0.25, 0.3) is 0 Å². The molecule has 0 bridgehead atoms. The molecule has 0 heterocycles. The molecule has 1 rings (SSSR count). The van der Waals surface area contributed by atoms with E-state index in [0.29, 0.717) is 0 Å². The quantitative estimate of drug-likeness (QED) is 0.399. The van der Waals surface area contributed by atoms with E-state index >= 15 is 0 Å². The summed E-state index contributed by atoms with van der Waals surface area (Å²) < 4.78 is 0. The minimum Gasteiger partial charge on any atom is -0.358 e. The average molecular weight is 293 g/mol. The van der Waals surface area contributed by atoms with Crippen molar-refractivity contribution >= 4 is 0 Å². The Hall–Kier alpha value is -0.417. The van der Waals surface area contributed by atoms with Gasteiger partial charge in [0.1, 0.15) is 0 Å². The van der Waals surface area contributed by atoms with Crippen LogP contribution in [0.3, 0.4) is 0 Å². The molecule has 0 atom stereocenters. The van der Waals surface area contributed by atoms with Gasteiger partial charge in [0, 0.05) is 0 Å². The molecule has 0 spiro atoms. The molecule has 0 aliphatic carbocycles. The van der Waals surface area contributed by atoms with Crippen molar-refractivity contribution in [3.05, 3.63) is 62.9 Å². The largest absolute Gasteiger partial charge is 2.00 e. The van der Waals surface area contributed by atoms with Crippen molar-refractivity contribution in [1.82, 2.24) is 0 Å². The Morgan fingerprint density at radius 1 is 1.07 bits per heavy atom. The molecule has 1 heteroatoms. The minimum absolute atomic E-state index is 0. The van der Waals surface area contributed by atoms with Gasteiger partial charge >= 0.3 is 19.5 Å². The molecule has 0 unspecified atom stereocenters. The van der Waals surface area contributed by atoms with Crippen molar-refractivity contribution in [1.29, 1.82) is 0 Å². The standard InChI is InChI=1S/C8H10.C4H8.2CH3.Ru/c1-2-8-6-4-3-5-7-8;1-4(2)3;;;/h3-7H,2H2,1H3;1H2,2-3H3;2*1H3;/q;;2*-1;+2. The average Bonchev–Trinajstić information content (AvgIpc) is 2.05. The van der Waals surface area contributed by atoms with Gasteiger partial charge in [0.2, 0.25) is 0 Å². The fourth-order valence-corrected chi connectivity index (χ4v) is 0.714. The molecule has 0 aromatic heterocycles. The fourth-order valence-electron chi connectivity index (χ4n) is 0.714.